The lowest BCUT2D eigenvalue weighted by molar-refractivity contribution is 0.588. The van der Waals surface area contributed by atoms with Crippen LogP contribution in [-0.4, -0.2) is 26.8 Å². The Hall–Kier alpha value is -2.67. The normalized spacial score (nSPS) is 12.3. The topological polar surface area (TPSA) is 69.3 Å². The van der Waals surface area contributed by atoms with E-state index < -0.39 is 10.0 Å². The van der Waals surface area contributed by atoms with Gasteiger partial charge in [0.15, 0.2) is 11.3 Å². The minimum atomic E-state index is -3.68. The first-order valence-electron chi connectivity index (χ1n) is 7.11. The molecule has 0 saturated heterocycles. The van der Waals surface area contributed by atoms with Crippen LogP contribution in [0.15, 0.2) is 53.8 Å². The molecule has 0 spiro atoms. The van der Waals surface area contributed by atoms with Crippen LogP contribution in [0.3, 0.4) is 0 Å². The van der Waals surface area contributed by atoms with Gasteiger partial charge in [0, 0.05) is 18.1 Å². The molecular weight excluding hydrogens is 312 g/mol. The maximum Gasteiger partial charge on any atom is 0.269 e. The lowest BCUT2D eigenvalue weighted by Crippen LogP contribution is -2.12. The van der Waals surface area contributed by atoms with Gasteiger partial charge in [-0.1, -0.05) is 17.7 Å². The molecule has 23 heavy (non-hydrogen) atoms. The highest BCUT2D eigenvalue weighted by atomic mass is 32.2. The van der Waals surface area contributed by atoms with Gasteiger partial charge < -0.3 is 0 Å². The fourth-order valence-corrected chi connectivity index (χ4v) is 3.99. The summed E-state index contributed by atoms with van der Waals surface area (Å²) in [4.78, 5) is 8.78. The molecule has 3 aromatic heterocycles. The average Bonchev–Trinajstić information content (AvgIpc) is 3.11. The molecule has 6 nitrogen and oxygen atoms in total. The van der Waals surface area contributed by atoms with E-state index in [4.69, 9.17) is 0 Å². The van der Waals surface area contributed by atoms with Crippen molar-refractivity contribution in [1.82, 2.24) is 18.3 Å². The summed E-state index contributed by atoms with van der Waals surface area (Å²) in [6.45, 7) is 3.84. The molecule has 0 saturated carbocycles. The molecule has 0 N–H and O–H groups in total. The van der Waals surface area contributed by atoms with Gasteiger partial charge in [0.2, 0.25) is 0 Å². The highest BCUT2D eigenvalue weighted by Crippen LogP contribution is 2.22. The lowest BCUT2D eigenvalue weighted by Gasteiger charge is -2.07. The fraction of sp³-hybridized carbons (Fsp3) is 0.125. The first-order valence-corrected chi connectivity index (χ1v) is 8.55. The van der Waals surface area contributed by atoms with Crippen LogP contribution >= 0.6 is 0 Å². The number of imidazole rings is 1. The van der Waals surface area contributed by atoms with Crippen molar-refractivity contribution < 1.29 is 8.42 Å². The number of benzene rings is 1. The Balaban J connectivity index is 2.00. The Labute approximate surface area is 133 Å². The highest BCUT2D eigenvalue weighted by Gasteiger charge is 2.20. The third-order valence-corrected chi connectivity index (χ3v) is 5.57. The Morgan fingerprint density at radius 2 is 1.70 bits per heavy atom. The maximum absolute atomic E-state index is 12.9. The Morgan fingerprint density at radius 1 is 0.957 bits per heavy atom. The van der Waals surface area contributed by atoms with Crippen molar-refractivity contribution in [2.45, 2.75) is 18.7 Å². The summed E-state index contributed by atoms with van der Waals surface area (Å²) >= 11 is 0. The zero-order valence-electron chi connectivity index (χ0n) is 12.6. The molecule has 4 rings (SSSR count). The molecule has 0 aliphatic rings. The van der Waals surface area contributed by atoms with Crippen LogP contribution in [0, 0.1) is 13.8 Å². The SMILES string of the molecule is Cc1ccc(S(=O)(=O)n2ccc3c2ncc2ncc(C)n23)cc1. The maximum atomic E-state index is 12.9. The first kappa shape index (κ1) is 14.0. The minimum absolute atomic E-state index is 0.241. The van der Waals surface area contributed by atoms with Gasteiger partial charge in [-0.2, -0.15) is 0 Å². The molecule has 0 fully saturated rings. The van der Waals surface area contributed by atoms with Crippen LogP contribution in [0.25, 0.3) is 16.8 Å². The molecule has 0 amide bonds. The Bertz CT molecular complexity index is 1140. The smallest absolute Gasteiger partial charge is 0.269 e. The molecular formula is C16H14N4O2S. The lowest BCUT2D eigenvalue weighted by atomic mass is 10.2. The molecule has 4 aromatic rings. The average molecular weight is 326 g/mol. The zero-order chi connectivity index (χ0) is 16.2. The second-order valence-electron chi connectivity index (χ2n) is 5.49. The van der Waals surface area contributed by atoms with Crippen molar-refractivity contribution in [2.24, 2.45) is 0 Å². The number of nitrogens with zero attached hydrogens (tertiary/aromatic N) is 4. The predicted octanol–water partition coefficient (Wildman–Crippen LogP) is 2.54. The van der Waals surface area contributed by atoms with E-state index in [-0.39, 0.29) is 4.90 Å². The van der Waals surface area contributed by atoms with Gasteiger partial charge in [-0.3, -0.25) is 4.40 Å². The van der Waals surface area contributed by atoms with Gasteiger partial charge in [0.1, 0.15) is 0 Å². The monoisotopic (exact) mass is 326 g/mol. The van der Waals surface area contributed by atoms with Gasteiger partial charge in [-0.15, -0.1) is 0 Å². The summed E-state index contributed by atoms with van der Waals surface area (Å²) in [5, 5.41) is 0. The van der Waals surface area contributed by atoms with Crippen molar-refractivity contribution in [3.8, 4) is 0 Å². The molecule has 0 bridgehead atoms. The van der Waals surface area contributed by atoms with Crippen molar-refractivity contribution in [3.05, 3.63) is 60.2 Å². The molecule has 1 aromatic carbocycles. The van der Waals surface area contributed by atoms with Crippen LogP contribution in [0.5, 0.6) is 0 Å². The highest BCUT2D eigenvalue weighted by molar-refractivity contribution is 7.90. The van der Waals surface area contributed by atoms with E-state index in [2.05, 4.69) is 9.97 Å². The summed E-state index contributed by atoms with van der Waals surface area (Å²) in [6, 6.07) is 8.53. The molecule has 3 heterocycles. The summed E-state index contributed by atoms with van der Waals surface area (Å²) in [5.74, 6) is 0. The van der Waals surface area contributed by atoms with Gasteiger partial charge in [0.25, 0.3) is 10.0 Å². The molecule has 0 aliphatic heterocycles. The van der Waals surface area contributed by atoms with E-state index in [1.54, 1.807) is 42.7 Å². The summed E-state index contributed by atoms with van der Waals surface area (Å²) in [6.07, 6.45) is 4.85. The van der Waals surface area contributed by atoms with Crippen molar-refractivity contribution >= 4 is 26.8 Å². The molecule has 7 heteroatoms. The molecule has 116 valence electrons. The number of hydrogen-bond acceptors (Lipinski definition) is 4. The number of aryl methyl sites for hydroxylation is 2. The number of aromatic nitrogens is 4. The number of rotatable bonds is 2. The summed E-state index contributed by atoms with van der Waals surface area (Å²) in [7, 11) is -3.68. The fourth-order valence-electron chi connectivity index (χ4n) is 2.69. The van der Waals surface area contributed by atoms with E-state index in [1.807, 2.05) is 18.2 Å². The van der Waals surface area contributed by atoms with Crippen molar-refractivity contribution in [1.29, 1.82) is 0 Å². The molecule has 0 aliphatic carbocycles. The minimum Gasteiger partial charge on any atom is -0.292 e. The van der Waals surface area contributed by atoms with E-state index in [9.17, 15) is 8.42 Å². The molecule has 0 radical (unpaired) electrons. The Kier molecular flexibility index (Phi) is 2.83. The van der Waals surface area contributed by atoms with Crippen LogP contribution in [0.2, 0.25) is 0 Å². The molecule has 0 atom stereocenters. The van der Waals surface area contributed by atoms with Crippen molar-refractivity contribution in [3.63, 3.8) is 0 Å². The van der Waals surface area contributed by atoms with Crippen LogP contribution in [0.4, 0.5) is 0 Å². The second-order valence-corrected chi connectivity index (χ2v) is 7.30. The quantitative estimate of drug-likeness (QED) is 0.567. The van der Waals surface area contributed by atoms with Crippen LogP contribution in [0.1, 0.15) is 11.3 Å². The summed E-state index contributed by atoms with van der Waals surface area (Å²) < 4.78 is 28.9. The van der Waals surface area contributed by atoms with Gasteiger partial charge in [-0.05, 0) is 32.0 Å². The predicted molar refractivity (Wildman–Crippen MR) is 87.0 cm³/mol. The van der Waals surface area contributed by atoms with E-state index in [0.717, 1.165) is 11.3 Å². The van der Waals surface area contributed by atoms with Gasteiger partial charge in [0.05, 0.1) is 16.6 Å². The number of hydrogen-bond donors (Lipinski definition) is 0. The zero-order valence-corrected chi connectivity index (χ0v) is 13.4. The first-order chi connectivity index (χ1) is 11.0. The Morgan fingerprint density at radius 3 is 2.43 bits per heavy atom. The van der Waals surface area contributed by atoms with E-state index in [0.29, 0.717) is 16.8 Å². The van der Waals surface area contributed by atoms with E-state index in [1.165, 1.54) is 10.2 Å². The van der Waals surface area contributed by atoms with Crippen LogP contribution < -0.4 is 0 Å². The van der Waals surface area contributed by atoms with Gasteiger partial charge >= 0.3 is 0 Å². The van der Waals surface area contributed by atoms with Crippen LogP contribution in [-0.2, 0) is 10.0 Å². The largest absolute Gasteiger partial charge is 0.292 e. The second kappa shape index (κ2) is 4.66. The van der Waals surface area contributed by atoms with E-state index >= 15 is 0 Å². The third kappa shape index (κ3) is 1.97. The number of fused-ring (bicyclic) bond motifs is 3. The third-order valence-electron chi connectivity index (χ3n) is 3.89. The standard InChI is InChI=1S/C16H14N4O2S/c1-11-3-5-13(6-4-11)23(21,22)19-8-7-14-16(19)18-10-15-17-9-12(2)20(14)15/h3-10H,1-2H3. The molecule has 0 unspecified atom stereocenters. The van der Waals surface area contributed by atoms with Crippen molar-refractivity contribution in [2.75, 3.05) is 0 Å². The summed E-state index contributed by atoms with van der Waals surface area (Å²) in [5.41, 5.74) is 3.74. The van der Waals surface area contributed by atoms with Gasteiger partial charge in [-0.25, -0.2) is 22.4 Å².